The van der Waals surface area contributed by atoms with E-state index in [1.807, 2.05) is 25.1 Å². The van der Waals surface area contributed by atoms with Gasteiger partial charge in [0.25, 0.3) is 0 Å². The molecule has 8 heteroatoms. The van der Waals surface area contributed by atoms with Gasteiger partial charge >= 0.3 is 0 Å². The Kier molecular flexibility index (Phi) is 7.58. The lowest BCUT2D eigenvalue weighted by molar-refractivity contribution is 0.118. The fourth-order valence-corrected chi connectivity index (χ4v) is 4.04. The first-order valence-electron chi connectivity index (χ1n) is 11.3. The molecule has 0 bridgehead atoms. The summed E-state index contributed by atoms with van der Waals surface area (Å²) in [5.74, 6) is 1.83. The number of anilines is 1. The van der Waals surface area contributed by atoms with E-state index < -0.39 is 5.60 Å². The van der Waals surface area contributed by atoms with Crippen LogP contribution in [0.15, 0.2) is 46.3 Å². The highest BCUT2D eigenvalue weighted by Crippen LogP contribution is 2.25. The van der Waals surface area contributed by atoms with Crippen molar-refractivity contribution in [2.75, 3.05) is 24.5 Å². The maximum absolute atomic E-state index is 10.2. The van der Waals surface area contributed by atoms with Crippen LogP contribution in [0.4, 0.5) is 5.82 Å². The summed E-state index contributed by atoms with van der Waals surface area (Å²) in [7, 11) is 0. The molecule has 2 aromatic heterocycles. The van der Waals surface area contributed by atoms with Crippen LogP contribution in [0.3, 0.4) is 0 Å². The Morgan fingerprint density at radius 3 is 2.61 bits per heavy atom. The van der Waals surface area contributed by atoms with Gasteiger partial charge in [0.15, 0.2) is 5.82 Å². The highest BCUT2D eigenvalue weighted by molar-refractivity contribution is 5.81. The largest absolute Gasteiger partial charge is 0.384 e. The number of hydrogen-bond donors (Lipinski definition) is 1. The summed E-state index contributed by atoms with van der Waals surface area (Å²) in [6.45, 7) is 17.8. The summed E-state index contributed by atoms with van der Waals surface area (Å²) in [5.41, 5.74) is 3.66. The Labute approximate surface area is 196 Å². The van der Waals surface area contributed by atoms with E-state index in [9.17, 15) is 5.11 Å². The van der Waals surface area contributed by atoms with Gasteiger partial charge < -0.3 is 14.9 Å². The average molecular weight is 450 g/mol. The van der Waals surface area contributed by atoms with Crippen LogP contribution in [0.25, 0.3) is 0 Å². The highest BCUT2D eigenvalue weighted by Gasteiger charge is 2.27. The SMILES string of the molecule is C=NC(=CN=C(C)N1CCN(c2nnc(Cc3ccccn3)c(C)c2C)CC1C)C(C)(C)O. The van der Waals surface area contributed by atoms with Crippen LogP contribution in [0.5, 0.6) is 0 Å². The van der Waals surface area contributed by atoms with Crippen LogP contribution < -0.4 is 4.90 Å². The lowest BCUT2D eigenvalue weighted by atomic mass is 10.0. The number of amidine groups is 1. The predicted molar refractivity (Wildman–Crippen MR) is 134 cm³/mol. The zero-order valence-corrected chi connectivity index (χ0v) is 20.6. The maximum atomic E-state index is 10.2. The van der Waals surface area contributed by atoms with Crippen LogP contribution in [0, 0.1) is 13.8 Å². The van der Waals surface area contributed by atoms with Crippen molar-refractivity contribution in [2.45, 2.75) is 59.6 Å². The summed E-state index contributed by atoms with van der Waals surface area (Å²) in [6.07, 6.45) is 4.09. The number of piperazine rings is 1. The monoisotopic (exact) mass is 449 g/mol. The number of aromatic nitrogens is 3. The highest BCUT2D eigenvalue weighted by atomic mass is 16.3. The molecule has 1 N–H and O–H groups in total. The van der Waals surface area contributed by atoms with Crippen molar-refractivity contribution in [3.05, 3.63) is 58.8 Å². The van der Waals surface area contributed by atoms with E-state index in [0.717, 1.165) is 48.2 Å². The van der Waals surface area contributed by atoms with Gasteiger partial charge in [-0.05, 0) is 71.5 Å². The third-order valence-electron chi connectivity index (χ3n) is 6.18. The van der Waals surface area contributed by atoms with Crippen molar-refractivity contribution in [2.24, 2.45) is 9.98 Å². The van der Waals surface area contributed by atoms with Gasteiger partial charge in [-0.1, -0.05) is 6.07 Å². The molecule has 3 rings (SSSR count). The zero-order chi connectivity index (χ0) is 24.2. The zero-order valence-electron chi connectivity index (χ0n) is 20.6. The van der Waals surface area contributed by atoms with E-state index in [2.05, 4.69) is 62.5 Å². The second kappa shape index (κ2) is 10.2. The fourth-order valence-electron chi connectivity index (χ4n) is 4.04. The van der Waals surface area contributed by atoms with Crippen LogP contribution in [0.1, 0.15) is 50.2 Å². The van der Waals surface area contributed by atoms with Gasteiger partial charge in [-0.25, -0.2) is 4.99 Å². The molecular weight excluding hydrogens is 414 g/mol. The fraction of sp³-hybridized carbons (Fsp3) is 0.480. The Hall–Kier alpha value is -3.13. The Balaban J connectivity index is 1.73. The minimum absolute atomic E-state index is 0.243. The third kappa shape index (κ3) is 5.82. The second-order valence-electron chi connectivity index (χ2n) is 9.11. The first kappa shape index (κ1) is 24.5. The molecule has 8 nitrogen and oxygen atoms in total. The van der Waals surface area contributed by atoms with Gasteiger partial charge in [-0.2, -0.15) is 5.10 Å². The smallest absolute Gasteiger partial charge is 0.154 e. The van der Waals surface area contributed by atoms with Gasteiger partial charge in [-0.3, -0.25) is 9.98 Å². The van der Waals surface area contributed by atoms with E-state index >= 15 is 0 Å². The average Bonchev–Trinajstić information content (AvgIpc) is 2.77. The molecule has 0 aliphatic carbocycles. The Morgan fingerprint density at radius 1 is 1.24 bits per heavy atom. The molecule has 176 valence electrons. The van der Waals surface area contributed by atoms with E-state index in [-0.39, 0.29) is 6.04 Å². The minimum atomic E-state index is -1.08. The summed E-state index contributed by atoms with van der Waals surface area (Å²) in [4.78, 5) is 17.4. The number of aliphatic imine (C=N–C) groups is 2. The molecule has 3 heterocycles. The Morgan fingerprint density at radius 2 is 2.00 bits per heavy atom. The van der Waals surface area contributed by atoms with Gasteiger partial charge in [0, 0.05) is 44.0 Å². The molecule has 1 saturated heterocycles. The van der Waals surface area contributed by atoms with E-state index in [0.29, 0.717) is 12.1 Å². The predicted octanol–water partition coefficient (Wildman–Crippen LogP) is 3.32. The molecular formula is C25H35N7O. The van der Waals surface area contributed by atoms with Crippen LogP contribution in [-0.4, -0.2) is 69.0 Å². The van der Waals surface area contributed by atoms with Crippen molar-refractivity contribution in [3.8, 4) is 0 Å². The number of hydrogen-bond acceptors (Lipinski definition) is 7. The quantitative estimate of drug-likeness (QED) is 0.537. The number of aliphatic hydroxyl groups is 1. The summed E-state index contributed by atoms with van der Waals surface area (Å²) in [5, 5.41) is 19.3. The van der Waals surface area contributed by atoms with Crippen molar-refractivity contribution in [3.63, 3.8) is 0 Å². The van der Waals surface area contributed by atoms with Gasteiger partial charge in [0.1, 0.15) is 11.4 Å². The van der Waals surface area contributed by atoms with Crippen molar-refractivity contribution in [1.29, 1.82) is 0 Å². The summed E-state index contributed by atoms with van der Waals surface area (Å²) >= 11 is 0. The van der Waals surface area contributed by atoms with E-state index in [1.54, 1.807) is 26.2 Å². The third-order valence-corrected chi connectivity index (χ3v) is 6.18. The van der Waals surface area contributed by atoms with Crippen LogP contribution in [-0.2, 0) is 6.42 Å². The molecule has 0 spiro atoms. The van der Waals surface area contributed by atoms with Crippen LogP contribution in [0.2, 0.25) is 0 Å². The first-order valence-corrected chi connectivity index (χ1v) is 11.3. The molecule has 1 unspecified atom stereocenters. The summed E-state index contributed by atoms with van der Waals surface area (Å²) in [6, 6.07) is 6.17. The van der Waals surface area contributed by atoms with Gasteiger partial charge in [0.05, 0.1) is 17.6 Å². The lowest BCUT2D eigenvalue weighted by Crippen LogP contribution is -2.54. The lowest BCUT2D eigenvalue weighted by Gasteiger charge is -2.41. The van der Waals surface area contributed by atoms with Gasteiger partial charge in [-0.15, -0.1) is 5.10 Å². The summed E-state index contributed by atoms with van der Waals surface area (Å²) < 4.78 is 0. The molecule has 0 saturated carbocycles. The molecule has 1 aliphatic heterocycles. The molecule has 1 fully saturated rings. The first-order chi connectivity index (χ1) is 15.6. The van der Waals surface area contributed by atoms with Crippen molar-refractivity contribution in [1.82, 2.24) is 20.1 Å². The number of rotatable bonds is 6. The van der Waals surface area contributed by atoms with E-state index in [4.69, 9.17) is 0 Å². The van der Waals surface area contributed by atoms with Crippen molar-refractivity contribution < 1.29 is 5.11 Å². The maximum Gasteiger partial charge on any atom is 0.154 e. The van der Waals surface area contributed by atoms with Crippen LogP contribution >= 0.6 is 0 Å². The molecule has 1 aliphatic rings. The standard InChI is InChI=1S/C25H35N7O/c1-17-16-31(12-13-32(17)20(4)28-15-23(26-7)25(5,6)33)24-19(3)18(2)22(29-30-24)14-21-10-8-9-11-27-21/h8-11,15,17,33H,7,12-14,16H2,1-6H3. The molecule has 0 amide bonds. The second-order valence-corrected chi connectivity index (χ2v) is 9.11. The topological polar surface area (TPSA) is 90.1 Å². The molecule has 2 aromatic rings. The number of pyridine rings is 1. The number of nitrogens with zero attached hydrogens (tertiary/aromatic N) is 7. The molecule has 33 heavy (non-hydrogen) atoms. The Bertz CT molecular complexity index is 1040. The normalized spacial score (nSPS) is 18.0. The molecule has 1 atom stereocenters. The minimum Gasteiger partial charge on any atom is -0.384 e. The van der Waals surface area contributed by atoms with E-state index in [1.165, 1.54) is 5.56 Å². The molecule has 0 aromatic carbocycles. The van der Waals surface area contributed by atoms with Gasteiger partial charge in [0.2, 0.25) is 0 Å². The molecule has 0 radical (unpaired) electrons. The van der Waals surface area contributed by atoms with Crippen molar-refractivity contribution >= 4 is 18.4 Å².